The number of anilines is 3. The molecule has 0 aromatic carbocycles. The van der Waals surface area contributed by atoms with Crippen LogP contribution in [0.4, 0.5) is 34.9 Å². The lowest BCUT2D eigenvalue weighted by molar-refractivity contribution is -0.142. The largest absolute Gasteiger partial charge is 0.408 e. The van der Waals surface area contributed by atoms with Gasteiger partial charge in [0.15, 0.2) is 5.82 Å². The van der Waals surface area contributed by atoms with E-state index in [9.17, 15) is 22.7 Å². The number of nitrogens with one attached hydrogen (secondary N) is 2. The van der Waals surface area contributed by atoms with Crippen LogP contribution in [0.15, 0.2) is 48.9 Å². The van der Waals surface area contributed by atoms with Gasteiger partial charge in [-0.2, -0.15) is 22.7 Å². The van der Waals surface area contributed by atoms with E-state index >= 15 is 0 Å². The molecule has 4 aromatic heterocycles. The van der Waals surface area contributed by atoms with Gasteiger partial charge in [-0.1, -0.05) is 6.07 Å². The molecule has 13 heteroatoms. The van der Waals surface area contributed by atoms with Gasteiger partial charge in [0.2, 0.25) is 5.95 Å². The second-order valence-corrected chi connectivity index (χ2v) is 10.2. The summed E-state index contributed by atoms with van der Waals surface area (Å²) >= 11 is 0. The summed E-state index contributed by atoms with van der Waals surface area (Å²) in [6.07, 6.45) is 2.75. The van der Waals surface area contributed by atoms with E-state index in [4.69, 9.17) is 0 Å². The standard InChI is InChI=1S/C27H28F4N8O/c1-16-19(14-39(38-16)15-27(29,30)31)25-32-11-8-23(37-25)36-24-12-21(34-17-6-9-26(2,40)10-7-17)18(13-33-24)20-4-3-5-22(28)35-20/h3-5,8,11-14,17,40H,6-7,9-10,15H2,1-2H3,(H2,32,33,34,36,37). The molecule has 1 fully saturated rings. The number of hydrogen-bond donors (Lipinski definition) is 3. The van der Waals surface area contributed by atoms with Crippen molar-refractivity contribution < 1.29 is 22.7 Å². The van der Waals surface area contributed by atoms with Gasteiger partial charge in [0.05, 0.1) is 22.6 Å². The van der Waals surface area contributed by atoms with Crippen LogP contribution in [0.3, 0.4) is 0 Å². The molecule has 40 heavy (non-hydrogen) atoms. The minimum atomic E-state index is -4.40. The molecule has 0 radical (unpaired) electrons. The predicted octanol–water partition coefficient (Wildman–Crippen LogP) is 5.66. The normalized spacial score (nSPS) is 19.4. The molecule has 3 N–H and O–H groups in total. The topological polar surface area (TPSA) is 114 Å². The highest BCUT2D eigenvalue weighted by molar-refractivity contribution is 5.78. The third-order valence-electron chi connectivity index (χ3n) is 6.76. The van der Waals surface area contributed by atoms with Crippen LogP contribution in [-0.2, 0) is 6.54 Å². The van der Waals surface area contributed by atoms with Gasteiger partial charge in [0, 0.05) is 41.9 Å². The fourth-order valence-corrected chi connectivity index (χ4v) is 4.70. The van der Waals surface area contributed by atoms with Crippen LogP contribution < -0.4 is 10.6 Å². The van der Waals surface area contributed by atoms with E-state index in [0.29, 0.717) is 52.7 Å². The average molecular weight is 557 g/mol. The van der Waals surface area contributed by atoms with Crippen LogP contribution in [0.1, 0.15) is 38.3 Å². The molecule has 9 nitrogen and oxygen atoms in total. The molecule has 1 aliphatic rings. The Labute approximate surface area is 227 Å². The maximum Gasteiger partial charge on any atom is 0.408 e. The number of halogens is 4. The van der Waals surface area contributed by atoms with Crippen molar-refractivity contribution >= 4 is 17.3 Å². The number of pyridine rings is 2. The Morgan fingerprint density at radius 3 is 2.58 bits per heavy atom. The van der Waals surface area contributed by atoms with Crippen molar-refractivity contribution in [3.8, 4) is 22.6 Å². The fraction of sp³-hybridized carbons (Fsp3) is 0.370. The molecule has 5 rings (SSSR count). The van der Waals surface area contributed by atoms with Gasteiger partial charge < -0.3 is 15.7 Å². The molecule has 0 spiro atoms. The predicted molar refractivity (Wildman–Crippen MR) is 141 cm³/mol. The molecule has 0 bridgehead atoms. The highest BCUT2D eigenvalue weighted by Gasteiger charge is 2.30. The van der Waals surface area contributed by atoms with Crippen LogP contribution >= 0.6 is 0 Å². The van der Waals surface area contributed by atoms with E-state index in [0.717, 1.165) is 17.5 Å². The van der Waals surface area contributed by atoms with Crippen molar-refractivity contribution in [3.05, 3.63) is 60.6 Å². The zero-order valence-electron chi connectivity index (χ0n) is 21.9. The molecule has 4 aromatic rings. The van der Waals surface area contributed by atoms with E-state index in [1.807, 2.05) is 6.92 Å². The molecule has 0 unspecified atom stereocenters. The zero-order valence-corrected chi connectivity index (χ0v) is 21.9. The fourth-order valence-electron chi connectivity index (χ4n) is 4.70. The number of aliphatic hydroxyl groups is 1. The van der Waals surface area contributed by atoms with E-state index in [-0.39, 0.29) is 11.9 Å². The van der Waals surface area contributed by atoms with Crippen LogP contribution in [0, 0.1) is 12.9 Å². The summed E-state index contributed by atoms with van der Waals surface area (Å²) in [5.41, 5.74) is 1.76. The van der Waals surface area contributed by atoms with Crippen molar-refractivity contribution in [2.24, 2.45) is 0 Å². The summed E-state index contributed by atoms with van der Waals surface area (Å²) < 4.78 is 53.2. The molecule has 0 aliphatic heterocycles. The number of nitrogens with zero attached hydrogens (tertiary/aromatic N) is 6. The third kappa shape index (κ3) is 6.71. The number of hydrogen-bond acceptors (Lipinski definition) is 8. The Hall–Kier alpha value is -4.13. The van der Waals surface area contributed by atoms with Crippen molar-refractivity contribution in [1.29, 1.82) is 0 Å². The molecule has 0 atom stereocenters. The molecule has 4 heterocycles. The van der Waals surface area contributed by atoms with Crippen LogP contribution in [0.5, 0.6) is 0 Å². The first kappa shape index (κ1) is 27.4. The van der Waals surface area contributed by atoms with Crippen LogP contribution in [0.2, 0.25) is 0 Å². The van der Waals surface area contributed by atoms with Gasteiger partial charge in [-0.05, 0) is 57.7 Å². The van der Waals surface area contributed by atoms with E-state index in [1.54, 1.807) is 37.4 Å². The smallest absolute Gasteiger partial charge is 0.390 e. The number of aromatic nitrogens is 6. The van der Waals surface area contributed by atoms with Crippen molar-refractivity contribution in [2.45, 2.75) is 63.9 Å². The Bertz CT molecular complexity index is 1490. The SMILES string of the molecule is Cc1nn(CC(F)(F)F)cc1-c1nccc(Nc2cc(NC3CCC(C)(O)CC3)c(-c3cccc(F)n3)cn2)n1. The lowest BCUT2D eigenvalue weighted by atomic mass is 9.83. The first-order valence-electron chi connectivity index (χ1n) is 12.8. The Morgan fingerprint density at radius 2 is 1.85 bits per heavy atom. The summed E-state index contributed by atoms with van der Waals surface area (Å²) in [5, 5.41) is 20.9. The molecule has 0 amide bonds. The summed E-state index contributed by atoms with van der Waals surface area (Å²) in [7, 11) is 0. The van der Waals surface area contributed by atoms with Gasteiger partial charge in [0.25, 0.3) is 0 Å². The second kappa shape index (κ2) is 10.8. The number of rotatable bonds is 7. The maximum absolute atomic E-state index is 13.9. The summed E-state index contributed by atoms with van der Waals surface area (Å²) in [6.45, 7) is 2.21. The second-order valence-electron chi connectivity index (χ2n) is 10.2. The average Bonchev–Trinajstić information content (AvgIpc) is 3.24. The molecular weight excluding hydrogens is 528 g/mol. The van der Waals surface area contributed by atoms with Crippen LogP contribution in [-0.4, -0.2) is 52.6 Å². The minimum absolute atomic E-state index is 0.0876. The zero-order chi connectivity index (χ0) is 28.5. The van der Waals surface area contributed by atoms with Crippen molar-refractivity contribution in [3.63, 3.8) is 0 Å². The van der Waals surface area contributed by atoms with Crippen LogP contribution in [0.25, 0.3) is 22.6 Å². The number of alkyl halides is 3. The van der Waals surface area contributed by atoms with E-state index in [1.165, 1.54) is 18.5 Å². The molecule has 210 valence electrons. The third-order valence-corrected chi connectivity index (χ3v) is 6.76. The highest BCUT2D eigenvalue weighted by Crippen LogP contribution is 2.34. The number of aryl methyl sites for hydroxylation is 1. The lowest BCUT2D eigenvalue weighted by Gasteiger charge is -2.34. The maximum atomic E-state index is 13.9. The first-order chi connectivity index (χ1) is 18.9. The van der Waals surface area contributed by atoms with Crippen molar-refractivity contribution in [1.82, 2.24) is 29.7 Å². The summed E-state index contributed by atoms with van der Waals surface area (Å²) in [4.78, 5) is 17.1. The molecule has 1 aliphatic carbocycles. The van der Waals surface area contributed by atoms with E-state index in [2.05, 4.69) is 35.7 Å². The van der Waals surface area contributed by atoms with Gasteiger partial charge in [-0.15, -0.1) is 0 Å². The van der Waals surface area contributed by atoms with Gasteiger partial charge in [-0.25, -0.2) is 19.9 Å². The summed E-state index contributed by atoms with van der Waals surface area (Å²) in [6, 6.07) is 8.01. The Kier molecular flexibility index (Phi) is 7.41. The molecule has 1 saturated carbocycles. The summed E-state index contributed by atoms with van der Waals surface area (Å²) in [5.74, 6) is 0.405. The van der Waals surface area contributed by atoms with Gasteiger partial charge >= 0.3 is 6.18 Å². The van der Waals surface area contributed by atoms with Crippen molar-refractivity contribution in [2.75, 3.05) is 10.6 Å². The first-order valence-corrected chi connectivity index (χ1v) is 12.8. The quantitative estimate of drug-likeness (QED) is 0.198. The van der Waals surface area contributed by atoms with Gasteiger partial charge in [-0.3, -0.25) is 4.68 Å². The highest BCUT2D eigenvalue weighted by atomic mass is 19.4. The Balaban J connectivity index is 1.41. The molecule has 0 saturated heterocycles. The monoisotopic (exact) mass is 556 g/mol. The van der Waals surface area contributed by atoms with Gasteiger partial charge in [0.1, 0.15) is 18.2 Å². The molecular formula is C27H28F4N8O. The minimum Gasteiger partial charge on any atom is -0.390 e. The van der Waals surface area contributed by atoms with E-state index < -0.39 is 24.3 Å². The Morgan fingerprint density at radius 1 is 1.07 bits per heavy atom. The lowest BCUT2D eigenvalue weighted by Crippen LogP contribution is -2.35.